The fourth-order valence-electron chi connectivity index (χ4n) is 4.00. The molecule has 2 radical (unpaired) electrons. The average molecular weight is 351 g/mol. The SMILES string of the molecule is [B]c1cccc(C2C=C([C@@]3(C)N=C(N)N(C)C(=O)[C@H]3C3CC3)SC2)c1. The maximum Gasteiger partial charge on any atom is 0.235 e. The van der Waals surface area contributed by atoms with E-state index >= 15 is 0 Å². The molecule has 4 nitrogen and oxygen atoms in total. The summed E-state index contributed by atoms with van der Waals surface area (Å²) in [6.07, 6.45) is 4.47. The molecule has 128 valence electrons. The first-order chi connectivity index (χ1) is 11.9. The molecule has 3 atom stereocenters. The summed E-state index contributed by atoms with van der Waals surface area (Å²) >= 11 is 1.80. The van der Waals surface area contributed by atoms with Crippen LogP contribution in [0.25, 0.3) is 0 Å². The minimum atomic E-state index is -0.547. The number of hydrogen-bond acceptors (Lipinski definition) is 4. The smallest absolute Gasteiger partial charge is 0.235 e. The molecule has 0 aromatic heterocycles. The van der Waals surface area contributed by atoms with Gasteiger partial charge in [0.05, 0.1) is 5.92 Å². The molecule has 25 heavy (non-hydrogen) atoms. The van der Waals surface area contributed by atoms with Crippen LogP contribution in [0.1, 0.15) is 31.2 Å². The second-order valence-corrected chi connectivity index (χ2v) is 8.51. The average Bonchev–Trinajstić information content (AvgIpc) is 3.26. The molecule has 1 aliphatic carbocycles. The van der Waals surface area contributed by atoms with Crippen molar-refractivity contribution in [2.45, 2.75) is 31.2 Å². The van der Waals surface area contributed by atoms with Crippen molar-refractivity contribution in [2.75, 3.05) is 12.8 Å². The maximum absolute atomic E-state index is 12.9. The van der Waals surface area contributed by atoms with Crippen molar-refractivity contribution in [2.24, 2.45) is 22.6 Å². The normalized spacial score (nSPS) is 32.6. The molecule has 2 N–H and O–H groups in total. The fourth-order valence-corrected chi connectivity index (χ4v) is 5.37. The summed E-state index contributed by atoms with van der Waals surface area (Å²) in [5, 5.41) is 0. The van der Waals surface area contributed by atoms with E-state index in [2.05, 4.69) is 19.1 Å². The molecule has 1 aromatic carbocycles. The van der Waals surface area contributed by atoms with Crippen LogP contribution in [0.2, 0.25) is 0 Å². The zero-order chi connectivity index (χ0) is 17.8. The Morgan fingerprint density at radius 2 is 2.16 bits per heavy atom. The number of benzene rings is 1. The zero-order valence-corrected chi connectivity index (χ0v) is 15.4. The lowest BCUT2D eigenvalue weighted by Crippen LogP contribution is -2.56. The van der Waals surface area contributed by atoms with E-state index in [9.17, 15) is 4.79 Å². The highest BCUT2D eigenvalue weighted by molar-refractivity contribution is 8.03. The predicted molar refractivity (Wildman–Crippen MR) is 104 cm³/mol. The number of nitrogens with two attached hydrogens (primary N) is 1. The molecule has 0 bridgehead atoms. The van der Waals surface area contributed by atoms with Crippen LogP contribution in [-0.2, 0) is 4.79 Å². The van der Waals surface area contributed by atoms with Crippen molar-refractivity contribution >= 4 is 36.9 Å². The number of hydrogen-bond donors (Lipinski definition) is 1. The Bertz CT molecular complexity index is 789. The summed E-state index contributed by atoms with van der Waals surface area (Å²) in [7, 11) is 7.66. The Kier molecular flexibility index (Phi) is 3.98. The number of thioether (sulfide) groups is 1. The molecule has 4 rings (SSSR count). The summed E-state index contributed by atoms with van der Waals surface area (Å²) in [6.45, 7) is 2.08. The minimum Gasteiger partial charge on any atom is -0.369 e. The molecular formula is C19H22BN3OS. The first-order valence-electron chi connectivity index (χ1n) is 8.73. The van der Waals surface area contributed by atoms with Gasteiger partial charge in [-0.3, -0.25) is 9.69 Å². The topological polar surface area (TPSA) is 58.7 Å². The lowest BCUT2D eigenvalue weighted by Gasteiger charge is -2.41. The van der Waals surface area contributed by atoms with Crippen LogP contribution < -0.4 is 11.2 Å². The van der Waals surface area contributed by atoms with Gasteiger partial charge in [0.1, 0.15) is 13.4 Å². The number of guanidine groups is 1. The van der Waals surface area contributed by atoms with Gasteiger partial charge >= 0.3 is 0 Å². The second-order valence-electron chi connectivity index (χ2n) is 7.45. The molecule has 1 aromatic rings. The van der Waals surface area contributed by atoms with Crippen molar-refractivity contribution in [3.05, 3.63) is 40.8 Å². The van der Waals surface area contributed by atoms with Crippen molar-refractivity contribution in [3.8, 4) is 0 Å². The lowest BCUT2D eigenvalue weighted by molar-refractivity contribution is -0.134. The molecule has 1 fully saturated rings. The van der Waals surface area contributed by atoms with Gasteiger partial charge in [-0.1, -0.05) is 35.8 Å². The molecule has 1 saturated carbocycles. The molecule has 2 aliphatic heterocycles. The first-order valence-corrected chi connectivity index (χ1v) is 9.72. The van der Waals surface area contributed by atoms with Crippen molar-refractivity contribution < 1.29 is 4.79 Å². The standard InChI is InChI=1S/C19H22BN3OS/c1-19(16(11-6-7-11)17(24)23(2)18(21)22-19)15-9-13(10-25-15)12-4-3-5-14(20)8-12/h3-5,8-9,11,13,16H,6-7,10H2,1-2H3,(H2,21,22)/t13?,16-,19-/m1/s1. The van der Waals surface area contributed by atoms with Crippen LogP contribution in [0.15, 0.2) is 40.2 Å². The second kappa shape index (κ2) is 5.94. The van der Waals surface area contributed by atoms with Crippen molar-refractivity contribution in [3.63, 3.8) is 0 Å². The van der Waals surface area contributed by atoms with Crippen LogP contribution in [0.3, 0.4) is 0 Å². The number of aliphatic imine (C=N–C) groups is 1. The zero-order valence-electron chi connectivity index (χ0n) is 14.6. The predicted octanol–water partition coefficient (Wildman–Crippen LogP) is 1.77. The Hall–Kier alpha value is -1.69. The van der Waals surface area contributed by atoms with Crippen molar-refractivity contribution in [1.82, 2.24) is 4.90 Å². The van der Waals surface area contributed by atoms with Gasteiger partial charge in [0, 0.05) is 23.6 Å². The third-order valence-corrected chi connectivity index (χ3v) is 6.98. The molecule has 2 heterocycles. The van der Waals surface area contributed by atoms with E-state index in [1.807, 2.05) is 18.2 Å². The van der Waals surface area contributed by atoms with Crippen LogP contribution in [-0.4, -0.2) is 43.0 Å². The molecule has 1 amide bonds. The number of carbonyl (C=O) groups is 1. The van der Waals surface area contributed by atoms with Gasteiger partial charge in [0.25, 0.3) is 0 Å². The highest BCUT2D eigenvalue weighted by atomic mass is 32.2. The summed E-state index contributed by atoms with van der Waals surface area (Å²) in [6, 6.07) is 8.04. The van der Waals surface area contributed by atoms with Gasteiger partial charge in [-0.2, -0.15) is 0 Å². The Labute approximate surface area is 154 Å². The van der Waals surface area contributed by atoms with Gasteiger partial charge in [-0.05, 0) is 31.2 Å². The Balaban J connectivity index is 1.71. The van der Waals surface area contributed by atoms with E-state index in [0.717, 1.165) is 24.1 Å². The third kappa shape index (κ3) is 2.80. The van der Waals surface area contributed by atoms with Gasteiger partial charge in [0.2, 0.25) is 5.91 Å². The van der Waals surface area contributed by atoms with Crippen LogP contribution in [0, 0.1) is 11.8 Å². The fraction of sp³-hybridized carbons (Fsp3) is 0.474. The summed E-state index contributed by atoms with van der Waals surface area (Å²) in [4.78, 5) is 20.4. The van der Waals surface area contributed by atoms with Gasteiger partial charge in [0.15, 0.2) is 5.96 Å². The van der Waals surface area contributed by atoms with Crippen LogP contribution in [0.4, 0.5) is 0 Å². The van der Waals surface area contributed by atoms with Crippen LogP contribution >= 0.6 is 11.8 Å². The number of amides is 1. The summed E-state index contributed by atoms with van der Waals surface area (Å²) in [5.74, 6) is 1.98. The molecule has 3 aliphatic rings. The first kappa shape index (κ1) is 16.8. The van der Waals surface area contributed by atoms with Crippen LogP contribution in [0.5, 0.6) is 0 Å². The van der Waals surface area contributed by atoms with E-state index in [0.29, 0.717) is 17.8 Å². The molecular weight excluding hydrogens is 329 g/mol. The number of allylic oxidation sites excluding steroid dienone is 1. The Morgan fingerprint density at radius 3 is 2.84 bits per heavy atom. The van der Waals surface area contributed by atoms with E-state index in [4.69, 9.17) is 18.6 Å². The molecule has 0 saturated heterocycles. The van der Waals surface area contributed by atoms with Gasteiger partial charge < -0.3 is 5.73 Å². The number of carbonyl (C=O) groups excluding carboxylic acids is 1. The van der Waals surface area contributed by atoms with Crippen molar-refractivity contribution in [1.29, 1.82) is 0 Å². The molecule has 6 heteroatoms. The van der Waals surface area contributed by atoms with Gasteiger partial charge in [-0.25, -0.2) is 4.99 Å². The quantitative estimate of drug-likeness (QED) is 0.845. The monoisotopic (exact) mass is 351 g/mol. The van der Waals surface area contributed by atoms with Gasteiger partial charge in [-0.15, -0.1) is 11.8 Å². The van der Waals surface area contributed by atoms with E-state index in [1.54, 1.807) is 18.8 Å². The highest BCUT2D eigenvalue weighted by Gasteiger charge is 2.54. The van der Waals surface area contributed by atoms with E-state index in [1.165, 1.54) is 15.4 Å². The third-order valence-electron chi connectivity index (χ3n) is 5.59. The summed E-state index contributed by atoms with van der Waals surface area (Å²) in [5.41, 5.74) is 7.51. The minimum absolute atomic E-state index is 0.103. The molecule has 0 spiro atoms. The Morgan fingerprint density at radius 1 is 1.40 bits per heavy atom. The highest BCUT2D eigenvalue weighted by Crippen LogP contribution is 2.53. The number of rotatable bonds is 3. The molecule has 1 unspecified atom stereocenters. The number of nitrogens with zero attached hydrogens (tertiary/aromatic N) is 2. The van der Waals surface area contributed by atoms with E-state index < -0.39 is 5.54 Å². The lowest BCUT2D eigenvalue weighted by atomic mass is 9.78. The maximum atomic E-state index is 12.9. The largest absolute Gasteiger partial charge is 0.369 e. The summed E-state index contributed by atoms with van der Waals surface area (Å²) < 4.78 is 0. The van der Waals surface area contributed by atoms with E-state index in [-0.39, 0.29) is 11.8 Å².